The molecule has 11 nitrogen and oxygen atoms in total. The van der Waals surface area contributed by atoms with Crippen molar-refractivity contribution in [2.75, 3.05) is 20.3 Å². The van der Waals surface area contributed by atoms with Gasteiger partial charge in [0.1, 0.15) is 18.3 Å². The lowest BCUT2D eigenvalue weighted by atomic mass is 10.1. The van der Waals surface area contributed by atoms with Gasteiger partial charge in [0.05, 0.1) is 19.9 Å². The number of aromatic nitrogens is 2. The quantitative estimate of drug-likeness (QED) is 0.405. The van der Waals surface area contributed by atoms with E-state index in [1.807, 2.05) is 4.98 Å². The molecule has 1 saturated heterocycles. The Morgan fingerprint density at radius 2 is 2.09 bits per heavy atom. The first kappa shape index (κ1) is 17.1. The molecule has 0 aliphatic carbocycles. The van der Waals surface area contributed by atoms with E-state index in [4.69, 9.17) is 14.6 Å². The van der Waals surface area contributed by atoms with Gasteiger partial charge in [-0.2, -0.15) is 0 Å². The van der Waals surface area contributed by atoms with Crippen molar-refractivity contribution in [3.63, 3.8) is 0 Å². The Labute approximate surface area is 128 Å². The normalized spacial score (nSPS) is 27.0. The number of carbonyl (C=O) groups excluding carboxylic acids is 1. The molecule has 1 aliphatic heterocycles. The van der Waals surface area contributed by atoms with Crippen molar-refractivity contribution in [3.8, 4) is 5.75 Å². The number of aliphatic hydroxyl groups excluding tert-OH is 3. The highest BCUT2D eigenvalue weighted by atomic mass is 16.6. The van der Waals surface area contributed by atoms with Crippen molar-refractivity contribution in [3.05, 3.63) is 27.0 Å². The second kappa shape index (κ2) is 6.91. The Balaban J connectivity index is 2.31. The predicted molar refractivity (Wildman–Crippen MR) is 71.8 cm³/mol. The lowest BCUT2D eigenvalue weighted by molar-refractivity contribution is -0.142. The molecule has 128 valence electrons. The van der Waals surface area contributed by atoms with Crippen LogP contribution in [0.5, 0.6) is 5.75 Å². The first-order valence-corrected chi connectivity index (χ1v) is 6.56. The van der Waals surface area contributed by atoms with Crippen molar-refractivity contribution in [2.45, 2.75) is 24.5 Å². The van der Waals surface area contributed by atoms with Gasteiger partial charge in [0, 0.05) is 0 Å². The molecule has 2 heterocycles. The first-order chi connectivity index (χ1) is 10.9. The van der Waals surface area contributed by atoms with Crippen LogP contribution in [0.3, 0.4) is 0 Å². The second-order valence-electron chi connectivity index (χ2n) is 4.75. The highest BCUT2D eigenvalue weighted by Gasteiger charge is 2.43. The second-order valence-corrected chi connectivity index (χ2v) is 4.75. The largest absolute Gasteiger partial charge is 0.475 e. The minimum absolute atomic E-state index is 0.382. The maximum atomic E-state index is 11.8. The highest BCUT2D eigenvalue weighted by molar-refractivity contribution is 5.70. The molecule has 0 amide bonds. The van der Waals surface area contributed by atoms with Crippen molar-refractivity contribution in [2.24, 2.45) is 0 Å². The van der Waals surface area contributed by atoms with Crippen LogP contribution in [0.2, 0.25) is 0 Å². The van der Waals surface area contributed by atoms with Gasteiger partial charge in [-0.25, -0.2) is 9.59 Å². The summed E-state index contributed by atoms with van der Waals surface area (Å²) in [6.45, 7) is -1.13. The molecule has 1 aromatic heterocycles. The Hall–Kier alpha value is -2.21. The van der Waals surface area contributed by atoms with Crippen LogP contribution in [0.15, 0.2) is 15.8 Å². The Bertz CT molecular complexity index is 682. The number of H-pyrrole nitrogens is 1. The molecule has 0 radical (unpaired) electrons. The van der Waals surface area contributed by atoms with Gasteiger partial charge in [0.2, 0.25) is 5.75 Å². The van der Waals surface area contributed by atoms with E-state index in [2.05, 4.69) is 4.74 Å². The number of nitrogens with one attached hydrogen (secondary N) is 1. The standard InChI is InChI=1S/C12H16N2O9/c1-21-7(16)4-22-5-2-14(12(20)13-10(5)19)11-9(18)8(17)6(3-15)23-11/h2,6,8-9,11,15,17-18H,3-4H2,1H3,(H,13,19,20)/t6-,8?,9?,11-/m0/s1. The molecular formula is C12H16N2O9. The summed E-state index contributed by atoms with van der Waals surface area (Å²) in [5, 5.41) is 28.6. The van der Waals surface area contributed by atoms with Crippen molar-refractivity contribution in [1.29, 1.82) is 0 Å². The lowest BCUT2D eigenvalue weighted by Crippen LogP contribution is -2.38. The molecule has 4 atom stereocenters. The Morgan fingerprint density at radius 3 is 2.65 bits per heavy atom. The van der Waals surface area contributed by atoms with Crippen molar-refractivity contribution >= 4 is 5.97 Å². The number of aliphatic hydroxyl groups is 3. The summed E-state index contributed by atoms with van der Waals surface area (Å²) in [5.41, 5.74) is -1.81. The number of hydrogen-bond acceptors (Lipinski definition) is 9. The average Bonchev–Trinajstić information content (AvgIpc) is 2.81. The number of esters is 1. The molecule has 4 N–H and O–H groups in total. The van der Waals surface area contributed by atoms with Crippen LogP contribution in [0, 0.1) is 0 Å². The van der Waals surface area contributed by atoms with Gasteiger partial charge in [-0.15, -0.1) is 0 Å². The monoisotopic (exact) mass is 332 g/mol. The first-order valence-electron chi connectivity index (χ1n) is 6.56. The number of carbonyl (C=O) groups is 1. The molecule has 0 aromatic carbocycles. The SMILES string of the molecule is COC(=O)COc1cn([C@H]2O[C@@H](CO)C(O)C2O)c(=O)[nH]c1=O. The molecule has 0 saturated carbocycles. The van der Waals surface area contributed by atoms with Gasteiger partial charge in [0.15, 0.2) is 12.8 Å². The third kappa shape index (κ3) is 3.42. The van der Waals surface area contributed by atoms with Gasteiger partial charge < -0.3 is 29.5 Å². The summed E-state index contributed by atoms with van der Waals surface area (Å²) in [4.78, 5) is 36.4. The van der Waals surface area contributed by atoms with Crippen LogP contribution in [-0.2, 0) is 14.3 Å². The number of aromatic amines is 1. The number of nitrogens with zero attached hydrogens (tertiary/aromatic N) is 1. The topological polar surface area (TPSA) is 160 Å². The number of rotatable bonds is 5. The van der Waals surface area contributed by atoms with Crippen LogP contribution in [0.25, 0.3) is 0 Å². The van der Waals surface area contributed by atoms with E-state index in [0.717, 1.165) is 17.9 Å². The van der Waals surface area contributed by atoms with E-state index in [1.165, 1.54) is 0 Å². The Kier molecular flexibility index (Phi) is 5.15. The molecule has 23 heavy (non-hydrogen) atoms. The number of methoxy groups -OCH3 is 1. The third-order valence-corrected chi connectivity index (χ3v) is 3.30. The zero-order valence-electron chi connectivity index (χ0n) is 12.0. The molecular weight excluding hydrogens is 316 g/mol. The van der Waals surface area contributed by atoms with E-state index in [-0.39, 0.29) is 5.75 Å². The summed E-state index contributed by atoms with van der Waals surface area (Å²) < 4.78 is 15.3. The van der Waals surface area contributed by atoms with E-state index < -0.39 is 55.0 Å². The molecule has 0 bridgehead atoms. The summed E-state index contributed by atoms with van der Waals surface area (Å²) >= 11 is 0. The third-order valence-electron chi connectivity index (χ3n) is 3.30. The minimum atomic E-state index is -1.51. The smallest absolute Gasteiger partial charge is 0.343 e. The van der Waals surface area contributed by atoms with Gasteiger partial charge in [-0.05, 0) is 0 Å². The minimum Gasteiger partial charge on any atom is -0.475 e. The van der Waals surface area contributed by atoms with Crippen LogP contribution in [0.4, 0.5) is 0 Å². The summed E-state index contributed by atoms with van der Waals surface area (Å²) in [5.74, 6) is -1.12. The fourth-order valence-corrected chi connectivity index (χ4v) is 2.06. The molecule has 2 rings (SSSR count). The highest BCUT2D eigenvalue weighted by Crippen LogP contribution is 2.28. The van der Waals surface area contributed by atoms with Crippen LogP contribution < -0.4 is 16.0 Å². The Morgan fingerprint density at radius 1 is 1.39 bits per heavy atom. The molecule has 0 spiro atoms. The van der Waals surface area contributed by atoms with Crippen LogP contribution in [0.1, 0.15) is 6.23 Å². The summed E-state index contributed by atoms with van der Waals surface area (Å²) in [6, 6.07) is 0. The van der Waals surface area contributed by atoms with E-state index in [9.17, 15) is 24.6 Å². The van der Waals surface area contributed by atoms with E-state index in [1.54, 1.807) is 0 Å². The van der Waals surface area contributed by atoms with Crippen LogP contribution in [-0.4, -0.2) is 69.5 Å². The summed E-state index contributed by atoms with van der Waals surface area (Å²) in [6.07, 6.45) is -4.42. The fourth-order valence-electron chi connectivity index (χ4n) is 2.06. The molecule has 11 heteroatoms. The number of hydrogen-bond donors (Lipinski definition) is 4. The lowest BCUT2D eigenvalue weighted by Gasteiger charge is -2.17. The molecule has 1 aromatic rings. The van der Waals surface area contributed by atoms with Gasteiger partial charge in [-0.1, -0.05) is 0 Å². The predicted octanol–water partition coefficient (Wildman–Crippen LogP) is -3.30. The van der Waals surface area contributed by atoms with Gasteiger partial charge in [0.25, 0.3) is 5.56 Å². The van der Waals surface area contributed by atoms with Crippen LogP contribution >= 0.6 is 0 Å². The fraction of sp³-hybridized carbons (Fsp3) is 0.583. The number of ether oxygens (including phenoxy) is 3. The van der Waals surface area contributed by atoms with Gasteiger partial charge >= 0.3 is 11.7 Å². The van der Waals surface area contributed by atoms with Crippen molar-refractivity contribution < 1.29 is 34.3 Å². The molecule has 1 aliphatic rings. The molecule has 1 fully saturated rings. The average molecular weight is 332 g/mol. The molecule has 2 unspecified atom stereocenters. The van der Waals surface area contributed by atoms with E-state index >= 15 is 0 Å². The summed E-state index contributed by atoms with van der Waals surface area (Å²) in [7, 11) is 1.13. The zero-order valence-corrected chi connectivity index (χ0v) is 12.0. The van der Waals surface area contributed by atoms with E-state index in [0.29, 0.717) is 0 Å². The van der Waals surface area contributed by atoms with Crippen molar-refractivity contribution in [1.82, 2.24) is 9.55 Å². The zero-order chi connectivity index (χ0) is 17.1. The maximum Gasteiger partial charge on any atom is 0.343 e. The van der Waals surface area contributed by atoms with Gasteiger partial charge in [-0.3, -0.25) is 14.3 Å². The maximum absolute atomic E-state index is 11.8.